The van der Waals surface area contributed by atoms with Crippen molar-refractivity contribution < 1.29 is 4.79 Å². The molecule has 0 radical (unpaired) electrons. The minimum atomic E-state index is -0.176. The van der Waals surface area contributed by atoms with Crippen molar-refractivity contribution >= 4 is 34.5 Å². The van der Waals surface area contributed by atoms with Crippen LogP contribution in [0.3, 0.4) is 0 Å². The molecule has 4 aromatic rings. The standard InChI is InChI=1S/C22H20N6OS/c29-21(19-3-1-11-27(19)13-16-7-9-23-10-8-16)26-22-25-18(15-30-22)6-5-17-14-28-12-2-4-20(28)24-17/h1,3,5-11,14-15H,2,4,12-13H2,(H,25,26,29). The van der Waals surface area contributed by atoms with Gasteiger partial charge in [-0.15, -0.1) is 11.3 Å². The van der Waals surface area contributed by atoms with Gasteiger partial charge in [-0.25, -0.2) is 9.97 Å². The van der Waals surface area contributed by atoms with E-state index in [1.807, 2.05) is 52.6 Å². The molecule has 5 rings (SSSR count). The summed E-state index contributed by atoms with van der Waals surface area (Å²) in [6, 6.07) is 7.56. The molecule has 0 saturated carbocycles. The van der Waals surface area contributed by atoms with Crippen molar-refractivity contribution in [3.8, 4) is 0 Å². The lowest BCUT2D eigenvalue weighted by Gasteiger charge is -2.08. The first-order valence-electron chi connectivity index (χ1n) is 9.80. The van der Waals surface area contributed by atoms with Crippen LogP contribution in [0.2, 0.25) is 0 Å². The van der Waals surface area contributed by atoms with E-state index in [1.165, 1.54) is 17.8 Å². The summed E-state index contributed by atoms with van der Waals surface area (Å²) < 4.78 is 4.12. The van der Waals surface area contributed by atoms with Crippen LogP contribution in [-0.2, 0) is 19.5 Å². The lowest BCUT2D eigenvalue weighted by Crippen LogP contribution is -2.17. The molecule has 0 spiro atoms. The van der Waals surface area contributed by atoms with Gasteiger partial charge in [0.05, 0.1) is 11.4 Å². The van der Waals surface area contributed by atoms with E-state index in [9.17, 15) is 4.79 Å². The second-order valence-corrected chi connectivity index (χ2v) is 7.98. The molecule has 1 amide bonds. The van der Waals surface area contributed by atoms with Crippen LogP contribution in [0.15, 0.2) is 54.4 Å². The average molecular weight is 417 g/mol. The van der Waals surface area contributed by atoms with Gasteiger partial charge in [-0.2, -0.15) is 0 Å². The number of carbonyl (C=O) groups excluding carboxylic acids is 1. The molecular formula is C22H20N6OS. The molecule has 0 aliphatic carbocycles. The van der Waals surface area contributed by atoms with Gasteiger partial charge in [-0.05, 0) is 48.4 Å². The van der Waals surface area contributed by atoms with Crippen molar-refractivity contribution in [1.29, 1.82) is 0 Å². The molecule has 0 fully saturated rings. The van der Waals surface area contributed by atoms with Crippen molar-refractivity contribution in [2.24, 2.45) is 0 Å². The van der Waals surface area contributed by atoms with E-state index in [2.05, 4.69) is 31.0 Å². The molecule has 150 valence electrons. The van der Waals surface area contributed by atoms with E-state index < -0.39 is 0 Å². The van der Waals surface area contributed by atoms with Gasteiger partial charge in [0.15, 0.2) is 5.13 Å². The number of pyridine rings is 1. The van der Waals surface area contributed by atoms with Crippen molar-refractivity contribution in [1.82, 2.24) is 24.1 Å². The number of hydrogen-bond donors (Lipinski definition) is 1. The van der Waals surface area contributed by atoms with Gasteiger partial charge in [0.1, 0.15) is 11.5 Å². The van der Waals surface area contributed by atoms with Gasteiger partial charge in [-0.3, -0.25) is 15.1 Å². The Bertz CT molecular complexity index is 1180. The number of carbonyl (C=O) groups is 1. The third-order valence-electron chi connectivity index (χ3n) is 5.01. The molecule has 5 heterocycles. The highest BCUT2D eigenvalue weighted by Crippen LogP contribution is 2.20. The van der Waals surface area contributed by atoms with Crippen LogP contribution < -0.4 is 5.32 Å². The summed E-state index contributed by atoms with van der Waals surface area (Å²) in [6.45, 7) is 1.66. The second-order valence-electron chi connectivity index (χ2n) is 7.12. The molecule has 4 aromatic heterocycles. The number of amides is 1. The van der Waals surface area contributed by atoms with Crippen LogP contribution in [0.5, 0.6) is 0 Å². The topological polar surface area (TPSA) is 77.6 Å². The highest BCUT2D eigenvalue weighted by atomic mass is 32.1. The summed E-state index contributed by atoms with van der Waals surface area (Å²) in [5.41, 5.74) is 3.42. The molecular weight excluding hydrogens is 396 g/mol. The normalized spacial score (nSPS) is 13.1. The highest BCUT2D eigenvalue weighted by molar-refractivity contribution is 7.14. The first-order chi connectivity index (χ1) is 14.7. The van der Waals surface area contributed by atoms with Gasteiger partial charge in [0.2, 0.25) is 0 Å². The second kappa shape index (κ2) is 8.08. The lowest BCUT2D eigenvalue weighted by molar-refractivity contribution is 0.101. The number of rotatable bonds is 6. The largest absolute Gasteiger partial charge is 0.339 e. The molecule has 0 saturated heterocycles. The zero-order chi connectivity index (χ0) is 20.3. The molecule has 1 N–H and O–H groups in total. The summed E-state index contributed by atoms with van der Waals surface area (Å²) in [6.07, 6.45) is 13.6. The van der Waals surface area contributed by atoms with Crippen LogP contribution in [0.4, 0.5) is 5.13 Å². The molecule has 0 aromatic carbocycles. The minimum absolute atomic E-state index is 0.176. The predicted octanol–water partition coefficient (Wildman–Crippen LogP) is 3.95. The van der Waals surface area contributed by atoms with Gasteiger partial charge >= 0.3 is 0 Å². The molecule has 30 heavy (non-hydrogen) atoms. The van der Waals surface area contributed by atoms with Crippen molar-refractivity contribution in [3.05, 3.63) is 82.9 Å². The van der Waals surface area contributed by atoms with Crippen molar-refractivity contribution in [2.75, 3.05) is 5.32 Å². The number of nitrogens with one attached hydrogen (secondary N) is 1. The first-order valence-corrected chi connectivity index (χ1v) is 10.7. The van der Waals surface area contributed by atoms with Crippen LogP contribution >= 0.6 is 11.3 Å². The molecule has 0 bridgehead atoms. The van der Waals surface area contributed by atoms with E-state index in [4.69, 9.17) is 0 Å². The zero-order valence-corrected chi connectivity index (χ0v) is 17.0. The molecule has 1 aliphatic heterocycles. The molecule has 0 unspecified atom stereocenters. The fourth-order valence-corrected chi connectivity index (χ4v) is 4.23. The van der Waals surface area contributed by atoms with Crippen molar-refractivity contribution in [2.45, 2.75) is 25.9 Å². The smallest absolute Gasteiger partial charge is 0.274 e. The Labute approximate surface area is 177 Å². The van der Waals surface area contributed by atoms with Gasteiger partial charge < -0.3 is 9.13 Å². The number of aryl methyl sites for hydroxylation is 2. The van der Waals surface area contributed by atoms with Crippen LogP contribution in [0.1, 0.15) is 39.7 Å². The summed E-state index contributed by atoms with van der Waals surface area (Å²) in [4.78, 5) is 25.9. The number of anilines is 1. The quantitative estimate of drug-likeness (QED) is 0.516. The number of hydrogen-bond acceptors (Lipinski definition) is 5. The first kappa shape index (κ1) is 18.5. The monoisotopic (exact) mass is 416 g/mol. The number of nitrogens with zero attached hydrogens (tertiary/aromatic N) is 5. The summed E-state index contributed by atoms with van der Waals surface area (Å²) >= 11 is 1.41. The van der Waals surface area contributed by atoms with Crippen LogP contribution in [-0.4, -0.2) is 30.0 Å². The zero-order valence-electron chi connectivity index (χ0n) is 16.2. The molecule has 7 nitrogen and oxygen atoms in total. The summed E-state index contributed by atoms with van der Waals surface area (Å²) in [7, 11) is 0. The number of thiazole rings is 1. The Morgan fingerprint density at radius 2 is 2.03 bits per heavy atom. The van der Waals surface area contributed by atoms with E-state index in [1.54, 1.807) is 12.4 Å². The Kier molecular flexibility index (Phi) is 4.98. The van der Waals surface area contributed by atoms with Crippen LogP contribution in [0.25, 0.3) is 12.2 Å². The summed E-state index contributed by atoms with van der Waals surface area (Å²) in [5, 5.41) is 5.40. The van der Waals surface area contributed by atoms with E-state index in [-0.39, 0.29) is 5.91 Å². The Balaban J connectivity index is 1.25. The predicted molar refractivity (Wildman–Crippen MR) is 117 cm³/mol. The average Bonchev–Trinajstić information content (AvgIpc) is 3.52. The molecule has 1 aliphatic rings. The van der Waals surface area contributed by atoms with Gasteiger partial charge in [0, 0.05) is 49.7 Å². The van der Waals surface area contributed by atoms with Gasteiger partial charge in [-0.1, -0.05) is 0 Å². The van der Waals surface area contributed by atoms with E-state index in [0.29, 0.717) is 17.4 Å². The number of aromatic nitrogens is 5. The number of imidazole rings is 1. The Hall–Kier alpha value is -3.52. The van der Waals surface area contributed by atoms with E-state index in [0.717, 1.165) is 35.7 Å². The summed E-state index contributed by atoms with van der Waals surface area (Å²) in [5.74, 6) is 0.972. The van der Waals surface area contributed by atoms with Crippen molar-refractivity contribution in [3.63, 3.8) is 0 Å². The third kappa shape index (κ3) is 3.95. The minimum Gasteiger partial charge on any atom is -0.339 e. The fourth-order valence-electron chi connectivity index (χ4n) is 3.55. The highest BCUT2D eigenvalue weighted by Gasteiger charge is 2.14. The maximum atomic E-state index is 12.7. The molecule has 8 heteroatoms. The maximum absolute atomic E-state index is 12.7. The van der Waals surface area contributed by atoms with Gasteiger partial charge in [0.25, 0.3) is 5.91 Å². The third-order valence-corrected chi connectivity index (χ3v) is 5.78. The Morgan fingerprint density at radius 1 is 1.17 bits per heavy atom. The fraction of sp³-hybridized carbons (Fsp3) is 0.182. The number of fused-ring (bicyclic) bond motifs is 1. The van der Waals surface area contributed by atoms with E-state index >= 15 is 0 Å². The van der Waals surface area contributed by atoms with Crippen LogP contribution in [0, 0.1) is 0 Å². The molecule has 0 atom stereocenters. The lowest BCUT2D eigenvalue weighted by atomic mass is 10.2. The maximum Gasteiger partial charge on any atom is 0.274 e. The SMILES string of the molecule is O=C(Nc1nc(C=Cc2cn3c(n2)CCC3)cs1)c1cccn1Cc1ccncc1. The Morgan fingerprint density at radius 3 is 2.90 bits per heavy atom.